The molecule has 0 aliphatic carbocycles. The van der Waals surface area contributed by atoms with E-state index in [1.54, 1.807) is 13.0 Å². The minimum atomic E-state index is -0.394. The van der Waals surface area contributed by atoms with Crippen molar-refractivity contribution in [3.63, 3.8) is 0 Å². The third kappa shape index (κ3) is 4.22. The first-order valence-corrected chi connectivity index (χ1v) is 5.34. The molecule has 3 heteroatoms. The van der Waals surface area contributed by atoms with Crippen LogP contribution >= 0.6 is 0 Å². The zero-order valence-electron chi connectivity index (χ0n) is 8.72. The third-order valence-corrected chi connectivity index (χ3v) is 2.44. The lowest BCUT2D eigenvalue weighted by Gasteiger charge is -2.16. The Kier molecular flexibility index (Phi) is 5.15. The van der Waals surface area contributed by atoms with Crippen LogP contribution in [0.1, 0.15) is 32.6 Å². The minimum absolute atomic E-state index is 0.0370. The summed E-state index contributed by atoms with van der Waals surface area (Å²) in [5.41, 5.74) is 0. The second-order valence-electron chi connectivity index (χ2n) is 3.86. The Morgan fingerprint density at radius 1 is 1.50 bits per heavy atom. The van der Waals surface area contributed by atoms with Crippen LogP contribution in [0.4, 0.5) is 0 Å². The molecule has 0 aromatic rings. The highest BCUT2D eigenvalue weighted by molar-refractivity contribution is 4.87. The Bertz CT molecular complexity index is 171. The summed E-state index contributed by atoms with van der Waals surface area (Å²) in [6.07, 6.45) is 6.48. The van der Waals surface area contributed by atoms with Crippen molar-refractivity contribution in [2.24, 2.45) is 0 Å². The summed E-state index contributed by atoms with van der Waals surface area (Å²) in [7, 11) is 0. The zero-order chi connectivity index (χ0) is 10.4. The molecule has 0 aromatic heterocycles. The van der Waals surface area contributed by atoms with E-state index in [9.17, 15) is 5.11 Å². The second kappa shape index (κ2) is 6.17. The van der Waals surface area contributed by atoms with E-state index in [0.29, 0.717) is 6.42 Å². The summed E-state index contributed by atoms with van der Waals surface area (Å²) in [5.74, 6) is 0. The van der Waals surface area contributed by atoms with Gasteiger partial charge in [0.2, 0.25) is 0 Å². The van der Waals surface area contributed by atoms with Crippen molar-refractivity contribution in [1.82, 2.24) is 0 Å². The van der Waals surface area contributed by atoms with Crippen molar-refractivity contribution in [2.75, 3.05) is 6.61 Å². The molecule has 0 aromatic carbocycles. The number of hydrogen-bond donors (Lipinski definition) is 2. The van der Waals surface area contributed by atoms with Crippen LogP contribution in [0.3, 0.4) is 0 Å². The maximum Gasteiger partial charge on any atom is 0.0834 e. The van der Waals surface area contributed by atoms with E-state index in [-0.39, 0.29) is 12.2 Å². The predicted molar refractivity (Wildman–Crippen MR) is 55.0 cm³/mol. The molecule has 0 amide bonds. The average molecular weight is 200 g/mol. The summed E-state index contributed by atoms with van der Waals surface area (Å²) < 4.78 is 5.37. The van der Waals surface area contributed by atoms with Gasteiger partial charge in [-0.05, 0) is 32.6 Å². The van der Waals surface area contributed by atoms with Crippen LogP contribution in [0.15, 0.2) is 12.2 Å². The lowest BCUT2D eigenvalue weighted by molar-refractivity contribution is -0.00471. The molecule has 0 unspecified atom stereocenters. The fourth-order valence-electron chi connectivity index (χ4n) is 1.65. The SMILES string of the molecule is C[C@H](O)/C=C/CC[C@H](O)[C@H]1CCCO1. The molecule has 82 valence electrons. The van der Waals surface area contributed by atoms with Gasteiger partial charge in [0.25, 0.3) is 0 Å². The van der Waals surface area contributed by atoms with Gasteiger partial charge in [-0.3, -0.25) is 0 Å². The normalized spacial score (nSPS) is 26.9. The Balaban J connectivity index is 2.11. The molecule has 0 bridgehead atoms. The summed E-state index contributed by atoms with van der Waals surface area (Å²) in [5, 5.41) is 18.6. The van der Waals surface area contributed by atoms with E-state index in [1.807, 2.05) is 6.08 Å². The lowest BCUT2D eigenvalue weighted by atomic mass is 10.1. The topological polar surface area (TPSA) is 49.7 Å². The van der Waals surface area contributed by atoms with E-state index in [0.717, 1.165) is 25.9 Å². The Morgan fingerprint density at radius 3 is 2.86 bits per heavy atom. The molecular weight excluding hydrogens is 180 g/mol. The van der Waals surface area contributed by atoms with Crippen molar-refractivity contribution in [3.8, 4) is 0 Å². The molecule has 1 aliphatic rings. The number of aliphatic hydroxyl groups is 2. The molecule has 0 saturated carbocycles. The molecule has 1 rings (SSSR count). The van der Waals surface area contributed by atoms with Gasteiger partial charge in [-0.1, -0.05) is 12.2 Å². The van der Waals surface area contributed by atoms with Crippen LogP contribution in [-0.2, 0) is 4.74 Å². The smallest absolute Gasteiger partial charge is 0.0834 e. The molecule has 0 radical (unpaired) electrons. The highest BCUT2D eigenvalue weighted by atomic mass is 16.5. The highest BCUT2D eigenvalue weighted by Gasteiger charge is 2.22. The van der Waals surface area contributed by atoms with Gasteiger partial charge in [0.05, 0.1) is 18.3 Å². The summed E-state index contributed by atoms with van der Waals surface area (Å²) in [4.78, 5) is 0. The van der Waals surface area contributed by atoms with Gasteiger partial charge in [0, 0.05) is 6.61 Å². The van der Waals surface area contributed by atoms with Gasteiger partial charge in [-0.25, -0.2) is 0 Å². The zero-order valence-corrected chi connectivity index (χ0v) is 8.72. The Morgan fingerprint density at radius 2 is 2.29 bits per heavy atom. The number of hydrogen-bond acceptors (Lipinski definition) is 3. The van der Waals surface area contributed by atoms with Crippen molar-refractivity contribution in [2.45, 2.75) is 50.9 Å². The van der Waals surface area contributed by atoms with Gasteiger partial charge in [-0.2, -0.15) is 0 Å². The first-order chi connectivity index (χ1) is 6.70. The minimum Gasteiger partial charge on any atom is -0.390 e. The number of rotatable bonds is 5. The maximum absolute atomic E-state index is 9.69. The fraction of sp³-hybridized carbons (Fsp3) is 0.818. The molecule has 2 N–H and O–H groups in total. The monoisotopic (exact) mass is 200 g/mol. The van der Waals surface area contributed by atoms with Crippen molar-refractivity contribution in [3.05, 3.63) is 12.2 Å². The molecular formula is C11H20O3. The summed E-state index contributed by atoms with van der Waals surface area (Å²) in [6.45, 7) is 2.50. The van der Waals surface area contributed by atoms with Crippen LogP contribution in [0.5, 0.6) is 0 Å². The predicted octanol–water partition coefficient (Wildman–Crippen LogP) is 1.24. The largest absolute Gasteiger partial charge is 0.390 e. The highest BCUT2D eigenvalue weighted by Crippen LogP contribution is 2.18. The van der Waals surface area contributed by atoms with Crippen LogP contribution in [-0.4, -0.2) is 35.1 Å². The van der Waals surface area contributed by atoms with Gasteiger partial charge < -0.3 is 14.9 Å². The van der Waals surface area contributed by atoms with E-state index in [2.05, 4.69) is 0 Å². The van der Waals surface area contributed by atoms with Crippen LogP contribution < -0.4 is 0 Å². The molecule has 14 heavy (non-hydrogen) atoms. The molecule has 0 spiro atoms. The van der Waals surface area contributed by atoms with Crippen molar-refractivity contribution < 1.29 is 14.9 Å². The molecule has 1 saturated heterocycles. The molecule has 3 nitrogen and oxygen atoms in total. The summed E-state index contributed by atoms with van der Waals surface area (Å²) in [6, 6.07) is 0. The molecule has 3 atom stereocenters. The number of ether oxygens (including phenoxy) is 1. The van der Waals surface area contributed by atoms with E-state index < -0.39 is 6.10 Å². The van der Waals surface area contributed by atoms with Gasteiger partial charge >= 0.3 is 0 Å². The summed E-state index contributed by atoms with van der Waals surface area (Å²) >= 11 is 0. The Labute approximate surface area is 85.4 Å². The van der Waals surface area contributed by atoms with Gasteiger partial charge in [0.1, 0.15) is 0 Å². The van der Waals surface area contributed by atoms with E-state index in [4.69, 9.17) is 9.84 Å². The number of aliphatic hydroxyl groups excluding tert-OH is 2. The van der Waals surface area contributed by atoms with Crippen molar-refractivity contribution in [1.29, 1.82) is 0 Å². The number of allylic oxidation sites excluding steroid dienone is 1. The molecule has 1 aliphatic heterocycles. The van der Waals surface area contributed by atoms with Crippen LogP contribution in [0.2, 0.25) is 0 Å². The first-order valence-electron chi connectivity index (χ1n) is 5.34. The Hall–Kier alpha value is -0.380. The van der Waals surface area contributed by atoms with E-state index >= 15 is 0 Å². The average Bonchev–Trinajstić information content (AvgIpc) is 2.64. The fourth-order valence-corrected chi connectivity index (χ4v) is 1.65. The van der Waals surface area contributed by atoms with Gasteiger partial charge in [0.15, 0.2) is 0 Å². The standard InChI is InChI=1S/C11H20O3/c1-9(12)5-2-3-6-10(13)11-7-4-8-14-11/h2,5,9-13H,3-4,6-8H2,1H3/b5-2+/t9-,10-,11+/m0/s1. The second-order valence-corrected chi connectivity index (χ2v) is 3.86. The van der Waals surface area contributed by atoms with Crippen LogP contribution in [0, 0.1) is 0 Å². The van der Waals surface area contributed by atoms with Crippen molar-refractivity contribution >= 4 is 0 Å². The molecule has 1 fully saturated rings. The van der Waals surface area contributed by atoms with Gasteiger partial charge in [-0.15, -0.1) is 0 Å². The first kappa shape index (κ1) is 11.7. The van der Waals surface area contributed by atoms with E-state index in [1.165, 1.54) is 0 Å². The maximum atomic E-state index is 9.69. The van der Waals surface area contributed by atoms with Crippen LogP contribution in [0.25, 0.3) is 0 Å². The molecule has 1 heterocycles. The lowest BCUT2D eigenvalue weighted by Crippen LogP contribution is -2.24. The quantitative estimate of drug-likeness (QED) is 0.656. The third-order valence-electron chi connectivity index (χ3n) is 2.44.